The van der Waals surface area contributed by atoms with Gasteiger partial charge in [0.2, 0.25) is 0 Å². The van der Waals surface area contributed by atoms with Crippen LogP contribution in [0.25, 0.3) is 0 Å². The van der Waals surface area contributed by atoms with Crippen LogP contribution < -0.4 is 5.32 Å². The molecule has 0 saturated heterocycles. The average Bonchev–Trinajstić information content (AvgIpc) is 2.73. The molecule has 94 valence electrons. The first-order valence-electron chi connectivity index (χ1n) is 5.10. The second-order valence-corrected chi connectivity index (χ2v) is 4.89. The van der Waals surface area contributed by atoms with Crippen LogP contribution in [-0.4, -0.2) is 21.0 Å². The lowest BCUT2D eigenvalue weighted by atomic mass is 10.2. The third-order valence-corrected chi connectivity index (χ3v) is 3.07. The minimum atomic E-state index is -1.22. The highest BCUT2D eigenvalue weighted by Gasteiger charge is 2.13. The van der Waals surface area contributed by atoms with E-state index in [4.69, 9.17) is 5.11 Å². The summed E-state index contributed by atoms with van der Waals surface area (Å²) in [5, 5.41) is 12.6. The van der Waals surface area contributed by atoms with Crippen molar-refractivity contribution >= 4 is 23.1 Å². The Balaban J connectivity index is 2.16. The Bertz CT molecular complexity index is 585. The molecule has 0 saturated carbocycles. The fourth-order valence-electron chi connectivity index (χ4n) is 1.39. The lowest BCUT2D eigenvalue weighted by Crippen LogP contribution is -2.08. The number of thiazole rings is 1. The van der Waals surface area contributed by atoms with E-state index in [1.165, 1.54) is 11.3 Å². The Morgan fingerprint density at radius 3 is 2.89 bits per heavy atom. The van der Waals surface area contributed by atoms with Gasteiger partial charge in [-0.1, -0.05) is 0 Å². The Kier molecular flexibility index (Phi) is 3.52. The number of carbonyl (C=O) groups is 1. The van der Waals surface area contributed by atoms with Crippen LogP contribution in [0.2, 0.25) is 0 Å². The van der Waals surface area contributed by atoms with Gasteiger partial charge in [-0.2, -0.15) is 0 Å². The van der Waals surface area contributed by atoms with Crippen molar-refractivity contribution in [1.29, 1.82) is 0 Å². The van der Waals surface area contributed by atoms with Gasteiger partial charge in [-0.3, -0.25) is 0 Å². The van der Waals surface area contributed by atoms with Gasteiger partial charge in [-0.25, -0.2) is 19.2 Å². The van der Waals surface area contributed by atoms with E-state index < -0.39 is 11.8 Å². The molecule has 18 heavy (non-hydrogen) atoms. The summed E-state index contributed by atoms with van der Waals surface area (Å²) in [6.45, 7) is 2.29. The van der Waals surface area contributed by atoms with E-state index in [1.54, 1.807) is 6.20 Å². The Hall–Kier alpha value is -2.02. The molecule has 5 nitrogen and oxygen atoms in total. The van der Waals surface area contributed by atoms with Gasteiger partial charge in [-0.15, -0.1) is 11.3 Å². The number of halogens is 1. The monoisotopic (exact) mass is 267 g/mol. The third kappa shape index (κ3) is 2.80. The van der Waals surface area contributed by atoms with E-state index in [9.17, 15) is 9.18 Å². The largest absolute Gasteiger partial charge is 0.478 e. The van der Waals surface area contributed by atoms with Crippen LogP contribution >= 0.6 is 11.3 Å². The lowest BCUT2D eigenvalue weighted by Gasteiger charge is -2.06. The van der Waals surface area contributed by atoms with Crippen LogP contribution in [-0.2, 0) is 6.54 Å². The number of carboxylic acid groups (broad SMARTS) is 1. The quantitative estimate of drug-likeness (QED) is 0.889. The van der Waals surface area contributed by atoms with Crippen molar-refractivity contribution < 1.29 is 14.3 Å². The zero-order valence-electron chi connectivity index (χ0n) is 9.48. The molecule has 0 radical (unpaired) electrons. The van der Waals surface area contributed by atoms with Crippen LogP contribution in [0.4, 0.5) is 10.2 Å². The van der Waals surface area contributed by atoms with E-state index >= 15 is 0 Å². The maximum Gasteiger partial charge on any atom is 0.339 e. The zero-order valence-corrected chi connectivity index (χ0v) is 10.3. The molecule has 0 amide bonds. The molecule has 0 aliphatic heterocycles. The van der Waals surface area contributed by atoms with Crippen LogP contribution in [0.1, 0.15) is 20.2 Å². The maximum absolute atomic E-state index is 12.9. The lowest BCUT2D eigenvalue weighted by molar-refractivity contribution is 0.0697. The summed E-state index contributed by atoms with van der Waals surface area (Å²) < 4.78 is 12.9. The molecule has 0 aromatic carbocycles. The first-order chi connectivity index (χ1) is 8.56. The Labute approximate surface area is 106 Å². The maximum atomic E-state index is 12.9. The summed E-state index contributed by atoms with van der Waals surface area (Å²) in [6, 6.07) is 0.935. The van der Waals surface area contributed by atoms with E-state index in [0.717, 1.165) is 22.1 Å². The molecule has 0 aliphatic rings. The van der Waals surface area contributed by atoms with Gasteiger partial charge in [0.1, 0.15) is 22.2 Å². The molecule has 0 atom stereocenters. The smallest absolute Gasteiger partial charge is 0.339 e. The Morgan fingerprint density at radius 1 is 1.50 bits per heavy atom. The topological polar surface area (TPSA) is 75.1 Å². The summed E-state index contributed by atoms with van der Waals surface area (Å²) in [5.74, 6) is -1.76. The number of aryl methyl sites for hydroxylation is 1. The molecule has 2 heterocycles. The molecule has 0 aliphatic carbocycles. The van der Waals surface area contributed by atoms with Gasteiger partial charge < -0.3 is 10.4 Å². The molecule has 0 bridgehead atoms. The third-order valence-electron chi connectivity index (χ3n) is 2.16. The summed E-state index contributed by atoms with van der Waals surface area (Å²) in [6.07, 6.45) is 2.71. The van der Waals surface area contributed by atoms with Crippen LogP contribution in [0.5, 0.6) is 0 Å². The normalized spacial score (nSPS) is 10.3. The van der Waals surface area contributed by atoms with Crippen LogP contribution in [0.3, 0.4) is 0 Å². The van der Waals surface area contributed by atoms with Crippen LogP contribution in [0.15, 0.2) is 18.5 Å². The minimum absolute atomic E-state index is 0.136. The average molecular weight is 267 g/mol. The second-order valence-electron chi connectivity index (χ2n) is 3.57. The minimum Gasteiger partial charge on any atom is -0.478 e. The van der Waals surface area contributed by atoms with Crippen LogP contribution in [0, 0.1) is 12.7 Å². The highest BCUT2D eigenvalue weighted by molar-refractivity contribution is 7.11. The molecular formula is C11H10FN3O2S. The number of pyridine rings is 1. The molecule has 2 aromatic heterocycles. The van der Waals surface area contributed by atoms with Gasteiger partial charge in [0.25, 0.3) is 0 Å². The van der Waals surface area contributed by atoms with Crippen molar-refractivity contribution in [2.75, 3.05) is 5.32 Å². The van der Waals surface area contributed by atoms with Gasteiger partial charge in [0.05, 0.1) is 12.7 Å². The van der Waals surface area contributed by atoms with E-state index in [-0.39, 0.29) is 11.4 Å². The number of anilines is 1. The Morgan fingerprint density at radius 2 is 2.28 bits per heavy atom. The number of aromatic carboxylic acids is 1. The standard InChI is InChI=1S/C11H10FN3O2S/c1-6-3-13-9(18-6)5-15-10-8(11(16)17)2-7(12)4-14-10/h2-4H,5H2,1H3,(H,14,15)(H,16,17). The van der Waals surface area contributed by atoms with E-state index in [1.807, 2.05) is 6.92 Å². The fourth-order valence-corrected chi connectivity index (χ4v) is 2.11. The second kappa shape index (κ2) is 5.09. The molecule has 7 heteroatoms. The summed E-state index contributed by atoms with van der Waals surface area (Å²) in [7, 11) is 0. The first kappa shape index (κ1) is 12.4. The van der Waals surface area contributed by atoms with Crippen molar-refractivity contribution in [3.63, 3.8) is 0 Å². The molecule has 0 spiro atoms. The number of aromatic nitrogens is 2. The van der Waals surface area contributed by atoms with Crippen molar-refractivity contribution in [2.45, 2.75) is 13.5 Å². The predicted octanol–water partition coefficient (Wildman–Crippen LogP) is 2.30. The fraction of sp³-hybridized carbons (Fsp3) is 0.182. The van der Waals surface area contributed by atoms with Gasteiger partial charge in [-0.05, 0) is 13.0 Å². The molecule has 0 fully saturated rings. The van der Waals surface area contributed by atoms with Crippen molar-refractivity contribution in [1.82, 2.24) is 9.97 Å². The van der Waals surface area contributed by atoms with Gasteiger partial charge in [0, 0.05) is 11.1 Å². The number of rotatable bonds is 4. The van der Waals surface area contributed by atoms with Gasteiger partial charge >= 0.3 is 5.97 Å². The predicted molar refractivity (Wildman–Crippen MR) is 65.3 cm³/mol. The summed E-state index contributed by atoms with van der Waals surface area (Å²) in [4.78, 5) is 19.9. The number of hydrogen-bond acceptors (Lipinski definition) is 5. The van der Waals surface area contributed by atoms with Crippen molar-refractivity contribution in [3.05, 3.63) is 39.7 Å². The highest BCUT2D eigenvalue weighted by Crippen LogP contribution is 2.16. The molecule has 2 aromatic rings. The van der Waals surface area contributed by atoms with E-state index in [0.29, 0.717) is 6.54 Å². The number of carboxylic acids is 1. The molecule has 0 unspecified atom stereocenters. The molecule has 2 rings (SSSR count). The molecule has 2 N–H and O–H groups in total. The summed E-state index contributed by atoms with van der Waals surface area (Å²) in [5.41, 5.74) is -0.191. The van der Waals surface area contributed by atoms with Crippen molar-refractivity contribution in [3.8, 4) is 0 Å². The first-order valence-corrected chi connectivity index (χ1v) is 5.92. The zero-order chi connectivity index (χ0) is 13.1. The summed E-state index contributed by atoms with van der Waals surface area (Å²) >= 11 is 1.50. The van der Waals surface area contributed by atoms with E-state index in [2.05, 4.69) is 15.3 Å². The number of hydrogen-bond donors (Lipinski definition) is 2. The molecular weight excluding hydrogens is 257 g/mol. The number of nitrogens with one attached hydrogen (secondary N) is 1. The van der Waals surface area contributed by atoms with Crippen molar-refractivity contribution in [2.24, 2.45) is 0 Å². The van der Waals surface area contributed by atoms with Gasteiger partial charge in [0.15, 0.2) is 0 Å². The number of nitrogens with zero attached hydrogens (tertiary/aromatic N) is 2. The SMILES string of the molecule is Cc1cnc(CNc2ncc(F)cc2C(=O)O)s1. The highest BCUT2D eigenvalue weighted by atomic mass is 32.1.